The summed E-state index contributed by atoms with van der Waals surface area (Å²) in [4.78, 5) is 11.8. The van der Waals surface area contributed by atoms with E-state index in [2.05, 4.69) is 0 Å². The zero-order valence-corrected chi connectivity index (χ0v) is 12.2. The topological polar surface area (TPSA) is 52.6 Å². The minimum atomic E-state index is -3.59. The van der Waals surface area contributed by atoms with Crippen LogP contribution in [0.3, 0.4) is 0 Å². The van der Waals surface area contributed by atoms with Gasteiger partial charge in [-0.3, -0.25) is 9.36 Å². The molecule has 1 aromatic rings. The van der Waals surface area contributed by atoms with Crippen molar-refractivity contribution in [3.63, 3.8) is 0 Å². The van der Waals surface area contributed by atoms with Crippen molar-refractivity contribution >= 4 is 13.4 Å². The summed E-state index contributed by atoms with van der Waals surface area (Å²) in [5.74, 6) is -0.759. The molecule has 1 unspecified atom stereocenters. The van der Waals surface area contributed by atoms with Crippen molar-refractivity contribution in [2.45, 2.75) is 26.4 Å². The fourth-order valence-corrected chi connectivity index (χ4v) is 3.91. The molecule has 0 heterocycles. The second kappa shape index (κ2) is 6.94. The van der Waals surface area contributed by atoms with Crippen molar-refractivity contribution in [2.24, 2.45) is 0 Å². The van der Waals surface area contributed by atoms with E-state index in [-0.39, 0.29) is 19.0 Å². The number of Topliss-reactive ketones (excluding diaryl/α,β-unsaturated/α-hetero) is 1. The second-order valence-corrected chi connectivity index (χ2v) is 6.05. The largest absolute Gasteiger partial charge is 0.345 e. The summed E-state index contributed by atoms with van der Waals surface area (Å²) in [5.41, 5.74) is -0.591. The van der Waals surface area contributed by atoms with Gasteiger partial charge in [-0.15, -0.1) is 0 Å². The number of halogens is 1. The average molecular weight is 288 g/mol. The maximum absolute atomic E-state index is 12.9. The molecule has 1 atom stereocenters. The zero-order valence-electron chi connectivity index (χ0n) is 11.3. The predicted molar refractivity (Wildman–Crippen MR) is 70.7 cm³/mol. The van der Waals surface area contributed by atoms with E-state index >= 15 is 0 Å². The Kier molecular flexibility index (Phi) is 5.85. The Morgan fingerprint density at radius 2 is 1.68 bits per heavy atom. The summed E-state index contributed by atoms with van der Waals surface area (Å²) in [6, 6.07) is 5.28. The van der Waals surface area contributed by atoms with E-state index in [1.807, 2.05) is 0 Å². The lowest BCUT2D eigenvalue weighted by atomic mass is 10.1. The van der Waals surface area contributed by atoms with Crippen molar-refractivity contribution in [1.82, 2.24) is 0 Å². The zero-order chi connectivity index (χ0) is 14.5. The number of carbonyl (C=O) groups is 1. The van der Waals surface area contributed by atoms with Gasteiger partial charge in [0.15, 0.2) is 0 Å². The van der Waals surface area contributed by atoms with Crippen LogP contribution in [0.15, 0.2) is 24.3 Å². The fourth-order valence-electron chi connectivity index (χ4n) is 1.83. The van der Waals surface area contributed by atoms with Crippen molar-refractivity contribution < 1.29 is 22.8 Å². The third-order valence-electron chi connectivity index (χ3n) is 2.51. The number of carbonyl (C=O) groups excluding carboxylic acids is 1. The van der Waals surface area contributed by atoms with Crippen LogP contribution >= 0.6 is 7.60 Å². The standard InChI is InChI=1S/C13H18FO4P/c1-4-17-19(16,18-5-2)13(10(3)15)11-6-8-12(14)9-7-11/h6-9,13H,4-5H2,1-3H3. The lowest BCUT2D eigenvalue weighted by Crippen LogP contribution is -2.14. The molecule has 0 aliphatic rings. The Morgan fingerprint density at radius 3 is 2.05 bits per heavy atom. The molecule has 0 spiro atoms. The maximum Gasteiger partial charge on any atom is 0.345 e. The van der Waals surface area contributed by atoms with Gasteiger partial charge in [-0.1, -0.05) is 12.1 Å². The highest BCUT2D eigenvalue weighted by atomic mass is 31.2. The van der Waals surface area contributed by atoms with Gasteiger partial charge in [-0.2, -0.15) is 0 Å². The first-order chi connectivity index (χ1) is 8.94. The maximum atomic E-state index is 12.9. The van der Waals surface area contributed by atoms with Crippen LogP contribution in [0.25, 0.3) is 0 Å². The first-order valence-electron chi connectivity index (χ1n) is 6.09. The minimum absolute atomic E-state index is 0.169. The molecular formula is C13H18FO4P. The van der Waals surface area contributed by atoms with E-state index in [9.17, 15) is 13.8 Å². The normalized spacial score (nSPS) is 13.3. The molecule has 0 saturated carbocycles. The molecule has 0 bridgehead atoms. The SMILES string of the molecule is CCOP(=O)(OCC)C(C(C)=O)c1ccc(F)cc1. The summed E-state index contributed by atoms with van der Waals surface area (Å²) in [5, 5.41) is 0. The van der Waals surface area contributed by atoms with E-state index in [1.54, 1.807) is 13.8 Å². The number of rotatable bonds is 7. The van der Waals surface area contributed by atoms with Gasteiger partial charge in [0.1, 0.15) is 17.3 Å². The molecule has 1 rings (SSSR count). The van der Waals surface area contributed by atoms with Gasteiger partial charge in [0.05, 0.1) is 13.2 Å². The smallest absolute Gasteiger partial charge is 0.308 e. The van der Waals surface area contributed by atoms with Crippen molar-refractivity contribution in [2.75, 3.05) is 13.2 Å². The van der Waals surface area contributed by atoms with Gasteiger partial charge in [-0.05, 0) is 38.5 Å². The second-order valence-electron chi connectivity index (χ2n) is 3.94. The Hall–Kier alpha value is -1.03. The van der Waals surface area contributed by atoms with Crippen LogP contribution in [-0.4, -0.2) is 19.0 Å². The Bertz CT molecular complexity index is 462. The van der Waals surface area contributed by atoms with E-state index in [0.717, 1.165) is 0 Å². The average Bonchev–Trinajstić information content (AvgIpc) is 2.32. The predicted octanol–water partition coefficient (Wildman–Crippen LogP) is 3.72. The van der Waals surface area contributed by atoms with Crippen molar-refractivity contribution in [3.8, 4) is 0 Å². The summed E-state index contributed by atoms with van der Waals surface area (Å²) in [7, 11) is -3.59. The van der Waals surface area contributed by atoms with Crippen molar-refractivity contribution in [3.05, 3.63) is 35.6 Å². The molecule has 19 heavy (non-hydrogen) atoms. The fraction of sp³-hybridized carbons (Fsp3) is 0.462. The molecule has 0 aliphatic heterocycles. The molecule has 0 radical (unpaired) electrons. The van der Waals surface area contributed by atoms with E-state index < -0.39 is 19.1 Å². The number of ketones is 1. The molecule has 6 heteroatoms. The van der Waals surface area contributed by atoms with Gasteiger partial charge in [0.25, 0.3) is 0 Å². The molecule has 0 aliphatic carbocycles. The van der Waals surface area contributed by atoms with E-state index in [0.29, 0.717) is 5.56 Å². The highest BCUT2D eigenvalue weighted by Crippen LogP contribution is 2.61. The summed E-state index contributed by atoms with van der Waals surface area (Å²) < 4.78 is 36.0. The van der Waals surface area contributed by atoms with Gasteiger partial charge >= 0.3 is 7.60 Å². The highest BCUT2D eigenvalue weighted by molar-refractivity contribution is 7.55. The summed E-state index contributed by atoms with van der Waals surface area (Å²) >= 11 is 0. The van der Waals surface area contributed by atoms with Gasteiger partial charge < -0.3 is 9.05 Å². The van der Waals surface area contributed by atoms with Crippen LogP contribution in [0, 0.1) is 5.82 Å². The van der Waals surface area contributed by atoms with Gasteiger partial charge in [0.2, 0.25) is 0 Å². The lowest BCUT2D eigenvalue weighted by molar-refractivity contribution is -0.117. The molecule has 106 valence electrons. The number of hydrogen-bond donors (Lipinski definition) is 0. The lowest BCUT2D eigenvalue weighted by Gasteiger charge is -2.24. The van der Waals surface area contributed by atoms with Crippen LogP contribution < -0.4 is 0 Å². The Labute approximate surface area is 112 Å². The molecule has 4 nitrogen and oxygen atoms in total. The molecule has 0 N–H and O–H groups in total. The third kappa shape index (κ3) is 3.96. The molecule has 1 aromatic carbocycles. The number of benzene rings is 1. The van der Waals surface area contributed by atoms with Crippen LogP contribution in [-0.2, 0) is 18.4 Å². The molecule has 0 amide bonds. The van der Waals surface area contributed by atoms with Gasteiger partial charge in [-0.25, -0.2) is 4.39 Å². The quantitative estimate of drug-likeness (QED) is 0.717. The van der Waals surface area contributed by atoms with Gasteiger partial charge in [0, 0.05) is 0 Å². The molecule has 0 fully saturated rings. The van der Waals surface area contributed by atoms with Crippen LogP contribution in [0.1, 0.15) is 32.0 Å². The Morgan fingerprint density at radius 1 is 1.21 bits per heavy atom. The van der Waals surface area contributed by atoms with Crippen LogP contribution in [0.5, 0.6) is 0 Å². The number of hydrogen-bond acceptors (Lipinski definition) is 4. The van der Waals surface area contributed by atoms with Crippen molar-refractivity contribution in [1.29, 1.82) is 0 Å². The van der Waals surface area contributed by atoms with Crippen LogP contribution in [0.4, 0.5) is 4.39 Å². The third-order valence-corrected chi connectivity index (χ3v) is 5.04. The monoisotopic (exact) mass is 288 g/mol. The van der Waals surface area contributed by atoms with E-state index in [1.165, 1.54) is 31.2 Å². The minimum Gasteiger partial charge on any atom is -0.308 e. The first-order valence-corrected chi connectivity index (χ1v) is 7.70. The summed E-state index contributed by atoms with van der Waals surface area (Å²) in [6.45, 7) is 5.00. The highest BCUT2D eigenvalue weighted by Gasteiger charge is 2.40. The van der Waals surface area contributed by atoms with Crippen LogP contribution in [0.2, 0.25) is 0 Å². The van der Waals surface area contributed by atoms with E-state index in [4.69, 9.17) is 9.05 Å². The molecule has 0 saturated heterocycles. The first kappa shape index (κ1) is 16.0. The molecule has 0 aromatic heterocycles. The molecular weight excluding hydrogens is 270 g/mol. The Balaban J connectivity index is 3.21. The summed E-state index contributed by atoms with van der Waals surface area (Å²) in [6.07, 6.45) is 0.